The molecule has 0 amide bonds. The maximum Gasteiger partial charge on any atom is 0.189 e. The summed E-state index contributed by atoms with van der Waals surface area (Å²) in [7, 11) is 0. The van der Waals surface area contributed by atoms with Crippen molar-refractivity contribution in [1.29, 1.82) is 0 Å². The molecule has 0 aromatic carbocycles. The minimum Gasteiger partial charge on any atom is -0.370 e. The van der Waals surface area contributed by atoms with Crippen molar-refractivity contribution in [3.63, 3.8) is 0 Å². The van der Waals surface area contributed by atoms with Crippen LogP contribution in [0.3, 0.4) is 0 Å². The van der Waals surface area contributed by atoms with Crippen LogP contribution in [0.4, 0.5) is 0 Å². The third-order valence-electron chi connectivity index (χ3n) is 2.66. The molecule has 1 aromatic heterocycles. The van der Waals surface area contributed by atoms with E-state index < -0.39 is 0 Å². The number of nitrogens with zero attached hydrogens (tertiary/aromatic N) is 2. The molecule has 1 saturated carbocycles. The lowest BCUT2D eigenvalue weighted by molar-refractivity contribution is 0.315. The molecular formula is C10H16N4S. The maximum absolute atomic E-state index is 5.73. The Morgan fingerprint density at radius 3 is 3.13 bits per heavy atom. The van der Waals surface area contributed by atoms with Crippen LogP contribution in [0, 0.1) is 5.92 Å². The maximum atomic E-state index is 5.73. The first-order valence-electron chi connectivity index (χ1n) is 5.27. The van der Waals surface area contributed by atoms with E-state index in [1.165, 1.54) is 19.3 Å². The molecule has 2 rings (SSSR count). The predicted molar refractivity (Wildman–Crippen MR) is 62.8 cm³/mol. The molecule has 4 nitrogen and oxygen atoms in total. The molecular weight excluding hydrogens is 208 g/mol. The second kappa shape index (κ2) is 5.11. The molecule has 15 heavy (non-hydrogen) atoms. The molecule has 0 radical (unpaired) electrons. The summed E-state index contributed by atoms with van der Waals surface area (Å²) in [6.07, 6.45) is 5.80. The van der Waals surface area contributed by atoms with Crippen LogP contribution in [0.25, 0.3) is 0 Å². The van der Waals surface area contributed by atoms with Crippen LogP contribution in [0.1, 0.15) is 24.3 Å². The number of nitrogens with one attached hydrogen (secondary N) is 1. The fourth-order valence-electron chi connectivity index (χ4n) is 1.49. The van der Waals surface area contributed by atoms with E-state index in [1.807, 2.05) is 5.38 Å². The lowest BCUT2D eigenvalue weighted by Gasteiger charge is -2.25. The van der Waals surface area contributed by atoms with E-state index in [0.29, 0.717) is 12.5 Å². The SMILES string of the molecule is NC(=NCc1nccs1)NCC1CCC1. The van der Waals surface area contributed by atoms with Gasteiger partial charge in [-0.2, -0.15) is 0 Å². The van der Waals surface area contributed by atoms with E-state index in [1.54, 1.807) is 17.5 Å². The molecule has 1 aromatic rings. The summed E-state index contributed by atoms with van der Waals surface area (Å²) in [6, 6.07) is 0. The molecule has 3 N–H and O–H groups in total. The van der Waals surface area contributed by atoms with Gasteiger partial charge in [-0.1, -0.05) is 6.42 Å². The Morgan fingerprint density at radius 1 is 1.67 bits per heavy atom. The highest BCUT2D eigenvalue weighted by Crippen LogP contribution is 2.24. The lowest BCUT2D eigenvalue weighted by Crippen LogP contribution is -2.37. The largest absolute Gasteiger partial charge is 0.370 e. The summed E-state index contributed by atoms with van der Waals surface area (Å²) in [6.45, 7) is 1.55. The molecule has 1 aliphatic rings. The molecule has 1 fully saturated rings. The highest BCUT2D eigenvalue weighted by molar-refractivity contribution is 7.09. The molecule has 1 aliphatic carbocycles. The quantitative estimate of drug-likeness (QED) is 0.599. The Balaban J connectivity index is 1.69. The summed E-state index contributed by atoms with van der Waals surface area (Å²) < 4.78 is 0. The molecule has 0 unspecified atom stereocenters. The second-order valence-electron chi connectivity index (χ2n) is 3.81. The fourth-order valence-corrected chi connectivity index (χ4v) is 2.03. The van der Waals surface area contributed by atoms with Crippen LogP contribution in [-0.2, 0) is 6.54 Å². The first-order chi connectivity index (χ1) is 7.34. The molecule has 0 aliphatic heterocycles. The summed E-state index contributed by atoms with van der Waals surface area (Å²) in [5.74, 6) is 1.34. The van der Waals surface area contributed by atoms with Crippen LogP contribution in [0.5, 0.6) is 0 Å². The van der Waals surface area contributed by atoms with Gasteiger partial charge in [-0.3, -0.25) is 0 Å². The molecule has 0 bridgehead atoms. The number of aliphatic imine (C=N–C) groups is 1. The zero-order valence-corrected chi connectivity index (χ0v) is 9.46. The first kappa shape index (κ1) is 10.4. The van der Waals surface area contributed by atoms with Crippen molar-refractivity contribution in [1.82, 2.24) is 10.3 Å². The minimum absolute atomic E-state index is 0.539. The molecule has 1 heterocycles. The van der Waals surface area contributed by atoms with Crippen LogP contribution in [0.2, 0.25) is 0 Å². The number of hydrogen-bond donors (Lipinski definition) is 2. The standard InChI is InChI=1S/C10H16N4S/c11-10(13-6-8-2-1-3-8)14-7-9-12-4-5-15-9/h4-5,8H,1-3,6-7H2,(H3,11,13,14). The van der Waals surface area contributed by atoms with Gasteiger partial charge in [-0.05, 0) is 18.8 Å². The van der Waals surface area contributed by atoms with Crippen LogP contribution < -0.4 is 11.1 Å². The van der Waals surface area contributed by atoms with E-state index in [0.717, 1.165) is 17.5 Å². The average Bonchev–Trinajstić information content (AvgIpc) is 2.64. The Labute approximate surface area is 93.6 Å². The number of guanidine groups is 1. The molecule has 0 spiro atoms. The number of rotatable bonds is 4. The van der Waals surface area contributed by atoms with Gasteiger partial charge < -0.3 is 11.1 Å². The monoisotopic (exact) mass is 224 g/mol. The van der Waals surface area contributed by atoms with E-state index >= 15 is 0 Å². The summed E-state index contributed by atoms with van der Waals surface area (Å²) in [5, 5.41) is 6.10. The van der Waals surface area contributed by atoms with Gasteiger partial charge in [0.15, 0.2) is 5.96 Å². The lowest BCUT2D eigenvalue weighted by atomic mass is 9.85. The smallest absolute Gasteiger partial charge is 0.189 e. The number of aromatic nitrogens is 1. The molecule has 5 heteroatoms. The van der Waals surface area contributed by atoms with Gasteiger partial charge in [0.1, 0.15) is 5.01 Å². The fraction of sp³-hybridized carbons (Fsp3) is 0.600. The third-order valence-corrected chi connectivity index (χ3v) is 3.43. The zero-order valence-electron chi connectivity index (χ0n) is 8.65. The Morgan fingerprint density at radius 2 is 2.53 bits per heavy atom. The van der Waals surface area contributed by atoms with Gasteiger partial charge in [0.2, 0.25) is 0 Å². The normalized spacial score (nSPS) is 17.5. The Kier molecular flexibility index (Phi) is 3.55. The Bertz CT molecular complexity index is 316. The molecule has 82 valence electrons. The van der Waals surface area contributed by atoms with E-state index in [9.17, 15) is 0 Å². The number of nitrogens with two attached hydrogens (primary N) is 1. The van der Waals surface area contributed by atoms with Gasteiger partial charge in [0.05, 0.1) is 6.54 Å². The highest BCUT2D eigenvalue weighted by atomic mass is 32.1. The van der Waals surface area contributed by atoms with Crippen molar-refractivity contribution in [2.45, 2.75) is 25.8 Å². The summed E-state index contributed by atoms with van der Waals surface area (Å²) in [4.78, 5) is 8.37. The number of hydrogen-bond acceptors (Lipinski definition) is 3. The van der Waals surface area contributed by atoms with Crippen LogP contribution >= 0.6 is 11.3 Å². The van der Waals surface area contributed by atoms with Crippen molar-refractivity contribution in [2.75, 3.05) is 6.54 Å². The molecule has 0 saturated heterocycles. The van der Waals surface area contributed by atoms with Gasteiger partial charge in [-0.25, -0.2) is 9.98 Å². The summed E-state index contributed by atoms with van der Waals surface area (Å²) >= 11 is 1.60. The van der Waals surface area contributed by atoms with Crippen molar-refractivity contribution in [2.24, 2.45) is 16.6 Å². The number of thiazole rings is 1. The van der Waals surface area contributed by atoms with Gasteiger partial charge in [0.25, 0.3) is 0 Å². The highest BCUT2D eigenvalue weighted by Gasteiger charge is 2.16. The van der Waals surface area contributed by atoms with E-state index in [-0.39, 0.29) is 0 Å². The van der Waals surface area contributed by atoms with Gasteiger partial charge in [-0.15, -0.1) is 11.3 Å². The van der Waals surface area contributed by atoms with E-state index in [4.69, 9.17) is 5.73 Å². The average molecular weight is 224 g/mol. The Hall–Kier alpha value is -1.10. The predicted octanol–water partition coefficient (Wildman–Crippen LogP) is 1.35. The van der Waals surface area contributed by atoms with Crippen LogP contribution in [0.15, 0.2) is 16.6 Å². The van der Waals surface area contributed by atoms with Crippen molar-refractivity contribution in [3.8, 4) is 0 Å². The zero-order chi connectivity index (χ0) is 10.5. The van der Waals surface area contributed by atoms with Gasteiger partial charge >= 0.3 is 0 Å². The van der Waals surface area contributed by atoms with E-state index in [2.05, 4.69) is 15.3 Å². The van der Waals surface area contributed by atoms with Crippen molar-refractivity contribution < 1.29 is 0 Å². The second-order valence-corrected chi connectivity index (χ2v) is 4.78. The topological polar surface area (TPSA) is 63.3 Å². The summed E-state index contributed by atoms with van der Waals surface area (Å²) in [5.41, 5.74) is 5.73. The first-order valence-corrected chi connectivity index (χ1v) is 6.14. The molecule has 0 atom stereocenters. The van der Waals surface area contributed by atoms with Gasteiger partial charge in [0, 0.05) is 18.1 Å². The van der Waals surface area contributed by atoms with Crippen molar-refractivity contribution in [3.05, 3.63) is 16.6 Å². The third kappa shape index (κ3) is 3.20. The van der Waals surface area contributed by atoms with Crippen LogP contribution in [-0.4, -0.2) is 17.5 Å². The van der Waals surface area contributed by atoms with Crippen molar-refractivity contribution >= 4 is 17.3 Å². The minimum atomic E-state index is 0.539.